The maximum absolute atomic E-state index is 12.9. The summed E-state index contributed by atoms with van der Waals surface area (Å²) in [6.07, 6.45) is 0. The molecule has 1 heterocycles. The maximum atomic E-state index is 12.9. The smallest absolute Gasteiger partial charge is 0.182 e. The van der Waals surface area contributed by atoms with E-state index in [0.717, 1.165) is 0 Å². The number of aromatic nitrogens is 1. The molecular formula is C9H5Cl2FN2S. The molecule has 0 radical (unpaired) electrons. The van der Waals surface area contributed by atoms with Gasteiger partial charge >= 0.3 is 0 Å². The molecule has 0 aliphatic carbocycles. The first-order valence-electron chi connectivity index (χ1n) is 3.95. The molecule has 2 rings (SSSR count). The van der Waals surface area contributed by atoms with Crippen LogP contribution in [0.2, 0.25) is 9.36 Å². The number of anilines is 1. The van der Waals surface area contributed by atoms with Crippen molar-refractivity contribution < 1.29 is 4.39 Å². The van der Waals surface area contributed by atoms with E-state index in [1.54, 1.807) is 6.07 Å². The number of nitrogen functional groups attached to an aromatic ring is 1. The third-order valence-corrected chi connectivity index (χ3v) is 3.17. The summed E-state index contributed by atoms with van der Waals surface area (Å²) in [7, 11) is 0. The van der Waals surface area contributed by atoms with Gasteiger partial charge in [0, 0.05) is 5.56 Å². The summed E-state index contributed by atoms with van der Waals surface area (Å²) < 4.78 is 13.4. The quantitative estimate of drug-likeness (QED) is 0.848. The predicted octanol–water partition coefficient (Wildman–Crippen LogP) is 3.84. The van der Waals surface area contributed by atoms with Gasteiger partial charge in [-0.15, -0.1) is 0 Å². The molecule has 6 heteroatoms. The molecule has 0 atom stereocenters. The van der Waals surface area contributed by atoms with Gasteiger partial charge in [-0.3, -0.25) is 0 Å². The average molecular weight is 263 g/mol. The highest BCUT2D eigenvalue weighted by atomic mass is 35.5. The van der Waals surface area contributed by atoms with Crippen LogP contribution in [0.1, 0.15) is 0 Å². The van der Waals surface area contributed by atoms with Gasteiger partial charge in [0.25, 0.3) is 0 Å². The highest BCUT2D eigenvalue weighted by Gasteiger charge is 2.11. The molecule has 0 saturated heterocycles. The van der Waals surface area contributed by atoms with Crippen molar-refractivity contribution in [2.45, 2.75) is 0 Å². The molecule has 2 aromatic rings. The van der Waals surface area contributed by atoms with Gasteiger partial charge in [-0.1, -0.05) is 34.5 Å². The Hall–Kier alpha value is -0.840. The van der Waals surface area contributed by atoms with Gasteiger partial charge in [-0.25, -0.2) is 9.37 Å². The molecule has 0 bridgehead atoms. The Morgan fingerprint density at radius 3 is 2.60 bits per heavy atom. The highest BCUT2D eigenvalue weighted by Crippen LogP contribution is 2.35. The number of thiazole rings is 1. The Morgan fingerprint density at radius 1 is 1.33 bits per heavy atom. The summed E-state index contributed by atoms with van der Waals surface area (Å²) in [5, 5.41) is 0.408. The summed E-state index contributed by atoms with van der Waals surface area (Å²) in [4.78, 5) is 4.03. The standard InChI is InChI=1S/C9H5Cl2FN2S/c10-5-3-4(1-2-6(5)12)7-8(11)15-9(13)14-7/h1-3H,(H2,13,14). The third kappa shape index (κ3) is 2.07. The number of benzene rings is 1. The lowest BCUT2D eigenvalue weighted by Gasteiger charge is -1.99. The van der Waals surface area contributed by atoms with Crippen LogP contribution in [0.25, 0.3) is 11.3 Å². The summed E-state index contributed by atoms with van der Waals surface area (Å²) in [5.41, 5.74) is 6.68. The summed E-state index contributed by atoms with van der Waals surface area (Å²) in [6, 6.07) is 4.29. The van der Waals surface area contributed by atoms with Crippen LogP contribution in [0, 0.1) is 5.82 Å². The van der Waals surface area contributed by atoms with Crippen molar-refractivity contribution >= 4 is 39.7 Å². The lowest BCUT2D eigenvalue weighted by atomic mass is 10.2. The van der Waals surface area contributed by atoms with Gasteiger partial charge in [0.1, 0.15) is 15.8 Å². The average Bonchev–Trinajstić information content (AvgIpc) is 2.50. The molecule has 1 aromatic carbocycles. The van der Waals surface area contributed by atoms with E-state index in [4.69, 9.17) is 28.9 Å². The van der Waals surface area contributed by atoms with Gasteiger partial charge in [-0.2, -0.15) is 0 Å². The van der Waals surface area contributed by atoms with Gasteiger partial charge in [0.2, 0.25) is 0 Å². The molecule has 15 heavy (non-hydrogen) atoms. The van der Waals surface area contributed by atoms with E-state index in [0.29, 0.717) is 20.7 Å². The van der Waals surface area contributed by atoms with Crippen LogP contribution in [0.5, 0.6) is 0 Å². The molecule has 0 unspecified atom stereocenters. The molecule has 0 saturated carbocycles. The van der Waals surface area contributed by atoms with E-state index in [-0.39, 0.29) is 5.02 Å². The largest absolute Gasteiger partial charge is 0.375 e. The normalized spacial score (nSPS) is 10.6. The number of nitrogens with zero attached hydrogens (tertiary/aromatic N) is 1. The molecule has 0 aliphatic heterocycles. The summed E-state index contributed by atoms with van der Waals surface area (Å²) >= 11 is 12.7. The van der Waals surface area contributed by atoms with Crippen LogP contribution in [0.15, 0.2) is 18.2 Å². The minimum absolute atomic E-state index is 0.0372. The number of halogens is 3. The first-order chi connectivity index (χ1) is 7.08. The van der Waals surface area contributed by atoms with Gasteiger partial charge in [0.15, 0.2) is 5.13 Å². The fourth-order valence-electron chi connectivity index (χ4n) is 1.14. The maximum Gasteiger partial charge on any atom is 0.182 e. The van der Waals surface area contributed by atoms with Crippen molar-refractivity contribution in [2.75, 3.05) is 5.73 Å². The first-order valence-corrected chi connectivity index (χ1v) is 5.52. The van der Waals surface area contributed by atoms with Crippen molar-refractivity contribution in [3.05, 3.63) is 33.4 Å². The Bertz CT molecular complexity index is 513. The lowest BCUT2D eigenvalue weighted by Crippen LogP contribution is -1.84. The van der Waals surface area contributed by atoms with E-state index in [9.17, 15) is 4.39 Å². The first kappa shape index (κ1) is 10.7. The minimum atomic E-state index is -0.472. The Kier molecular flexibility index (Phi) is 2.82. The van der Waals surface area contributed by atoms with E-state index >= 15 is 0 Å². The molecule has 2 nitrogen and oxygen atoms in total. The van der Waals surface area contributed by atoms with Gasteiger partial charge in [0.05, 0.1) is 5.02 Å². The zero-order valence-electron chi connectivity index (χ0n) is 7.30. The molecule has 1 aromatic heterocycles. The van der Waals surface area contributed by atoms with Gasteiger partial charge < -0.3 is 5.73 Å². The zero-order valence-corrected chi connectivity index (χ0v) is 9.63. The van der Waals surface area contributed by atoms with Crippen molar-refractivity contribution in [3.8, 4) is 11.3 Å². The van der Waals surface area contributed by atoms with Crippen LogP contribution in [0.3, 0.4) is 0 Å². The molecule has 78 valence electrons. The summed E-state index contributed by atoms with van der Waals surface area (Å²) in [6.45, 7) is 0. The van der Waals surface area contributed by atoms with Crippen LogP contribution in [-0.2, 0) is 0 Å². The van der Waals surface area contributed by atoms with Crippen molar-refractivity contribution in [1.29, 1.82) is 0 Å². The second-order valence-electron chi connectivity index (χ2n) is 2.80. The molecule has 0 fully saturated rings. The van der Waals surface area contributed by atoms with Crippen LogP contribution in [0.4, 0.5) is 9.52 Å². The Labute approximate surface area is 99.5 Å². The highest BCUT2D eigenvalue weighted by molar-refractivity contribution is 7.19. The zero-order chi connectivity index (χ0) is 11.0. The fourth-order valence-corrected chi connectivity index (χ4v) is 2.29. The minimum Gasteiger partial charge on any atom is -0.375 e. The topological polar surface area (TPSA) is 38.9 Å². The number of rotatable bonds is 1. The number of hydrogen-bond donors (Lipinski definition) is 1. The second kappa shape index (κ2) is 3.96. The van der Waals surface area contributed by atoms with Crippen molar-refractivity contribution in [2.24, 2.45) is 0 Å². The number of hydrogen-bond acceptors (Lipinski definition) is 3. The van der Waals surface area contributed by atoms with E-state index < -0.39 is 5.82 Å². The fraction of sp³-hybridized carbons (Fsp3) is 0. The van der Waals surface area contributed by atoms with Crippen molar-refractivity contribution in [3.63, 3.8) is 0 Å². The molecule has 2 N–H and O–H groups in total. The molecule has 0 amide bonds. The summed E-state index contributed by atoms with van der Waals surface area (Å²) in [5.74, 6) is -0.472. The molecule has 0 aliphatic rings. The SMILES string of the molecule is Nc1nc(-c2ccc(F)c(Cl)c2)c(Cl)s1. The van der Waals surface area contributed by atoms with Crippen molar-refractivity contribution in [1.82, 2.24) is 4.98 Å². The predicted molar refractivity (Wildman–Crippen MR) is 61.9 cm³/mol. The Balaban J connectivity index is 2.54. The van der Waals surface area contributed by atoms with Crippen LogP contribution < -0.4 is 5.73 Å². The molecular weight excluding hydrogens is 258 g/mol. The van der Waals surface area contributed by atoms with Crippen LogP contribution >= 0.6 is 34.5 Å². The Morgan fingerprint density at radius 2 is 2.07 bits per heavy atom. The second-order valence-corrected chi connectivity index (χ2v) is 4.84. The third-order valence-electron chi connectivity index (χ3n) is 1.80. The lowest BCUT2D eigenvalue weighted by molar-refractivity contribution is 0.628. The van der Waals surface area contributed by atoms with E-state index in [1.165, 1.54) is 23.5 Å². The van der Waals surface area contributed by atoms with Crippen LogP contribution in [-0.4, -0.2) is 4.98 Å². The monoisotopic (exact) mass is 262 g/mol. The van der Waals surface area contributed by atoms with E-state index in [1.807, 2.05) is 0 Å². The number of nitrogens with two attached hydrogens (primary N) is 1. The van der Waals surface area contributed by atoms with E-state index in [2.05, 4.69) is 4.98 Å². The molecule has 0 spiro atoms. The van der Waals surface area contributed by atoms with Gasteiger partial charge in [-0.05, 0) is 18.2 Å².